The lowest BCUT2D eigenvalue weighted by Crippen LogP contribution is -2.09. The molecular weight excluding hydrogens is 262 g/mol. The Labute approximate surface area is 114 Å². The van der Waals surface area contributed by atoms with Gasteiger partial charge in [-0.05, 0) is 0 Å². The molecule has 2 rings (SSSR count). The standard InChI is InChI=1S/C11H11N7O2/c1-17-7-15-10(16-17)2-3-13-11-8(5-12)4-9(6-14-11)18(19)20/h4,6-7H,2-3H2,1H3,(H,13,14). The monoisotopic (exact) mass is 273 g/mol. The molecule has 0 fully saturated rings. The molecule has 9 heteroatoms. The third-order valence-corrected chi connectivity index (χ3v) is 2.49. The van der Waals surface area contributed by atoms with Gasteiger partial charge in [0, 0.05) is 26.1 Å². The molecule has 0 spiro atoms. The van der Waals surface area contributed by atoms with Crippen LogP contribution in [0.1, 0.15) is 11.4 Å². The highest BCUT2D eigenvalue weighted by atomic mass is 16.6. The summed E-state index contributed by atoms with van der Waals surface area (Å²) in [7, 11) is 1.77. The molecule has 0 aromatic carbocycles. The number of nitriles is 1. The summed E-state index contributed by atoms with van der Waals surface area (Å²) in [5.41, 5.74) is -0.0772. The van der Waals surface area contributed by atoms with E-state index in [4.69, 9.17) is 5.26 Å². The number of pyridine rings is 1. The van der Waals surface area contributed by atoms with Gasteiger partial charge in [-0.3, -0.25) is 14.8 Å². The van der Waals surface area contributed by atoms with E-state index in [1.54, 1.807) is 18.1 Å². The van der Waals surface area contributed by atoms with E-state index >= 15 is 0 Å². The van der Waals surface area contributed by atoms with Crippen LogP contribution < -0.4 is 5.32 Å². The minimum Gasteiger partial charge on any atom is -0.369 e. The van der Waals surface area contributed by atoms with Crippen molar-refractivity contribution in [2.45, 2.75) is 6.42 Å². The van der Waals surface area contributed by atoms with E-state index in [0.717, 1.165) is 6.20 Å². The highest BCUT2D eigenvalue weighted by Crippen LogP contribution is 2.17. The van der Waals surface area contributed by atoms with Gasteiger partial charge < -0.3 is 5.32 Å². The Morgan fingerprint density at radius 3 is 2.95 bits per heavy atom. The molecule has 2 heterocycles. The summed E-state index contributed by atoms with van der Waals surface area (Å²) in [5.74, 6) is 0.981. The number of aromatic nitrogens is 4. The van der Waals surface area contributed by atoms with Crippen LogP contribution in [0.5, 0.6) is 0 Å². The van der Waals surface area contributed by atoms with E-state index < -0.39 is 4.92 Å². The van der Waals surface area contributed by atoms with Crippen molar-refractivity contribution >= 4 is 11.5 Å². The maximum Gasteiger partial charge on any atom is 0.289 e. The fourth-order valence-corrected chi connectivity index (χ4v) is 1.57. The first kappa shape index (κ1) is 13.4. The molecule has 0 aliphatic rings. The van der Waals surface area contributed by atoms with Crippen LogP contribution >= 0.6 is 0 Å². The second-order valence-electron chi connectivity index (χ2n) is 3.97. The molecule has 2 aromatic heterocycles. The SMILES string of the molecule is Cn1cnc(CCNc2ncc([N+](=O)[O-])cc2C#N)n1. The molecule has 0 unspecified atom stereocenters. The second kappa shape index (κ2) is 5.75. The lowest BCUT2D eigenvalue weighted by molar-refractivity contribution is -0.385. The Balaban J connectivity index is 2.02. The van der Waals surface area contributed by atoms with Crippen LogP contribution in [0, 0.1) is 21.4 Å². The molecule has 0 bridgehead atoms. The van der Waals surface area contributed by atoms with Gasteiger partial charge in [-0.1, -0.05) is 0 Å². The van der Waals surface area contributed by atoms with Crippen LogP contribution in [0.3, 0.4) is 0 Å². The van der Waals surface area contributed by atoms with Crippen molar-refractivity contribution in [3.05, 3.63) is 40.1 Å². The summed E-state index contributed by atoms with van der Waals surface area (Å²) >= 11 is 0. The van der Waals surface area contributed by atoms with Crippen LogP contribution in [0.2, 0.25) is 0 Å². The molecule has 102 valence electrons. The third kappa shape index (κ3) is 3.05. The molecule has 1 N–H and O–H groups in total. The van der Waals surface area contributed by atoms with Crippen LogP contribution in [0.25, 0.3) is 0 Å². The van der Waals surface area contributed by atoms with Gasteiger partial charge in [0.15, 0.2) is 5.82 Å². The fourth-order valence-electron chi connectivity index (χ4n) is 1.57. The number of nitro groups is 1. The topological polar surface area (TPSA) is 123 Å². The summed E-state index contributed by atoms with van der Waals surface area (Å²) in [6.45, 7) is 0.476. The molecule has 9 nitrogen and oxygen atoms in total. The lowest BCUT2D eigenvalue weighted by atomic mass is 10.2. The van der Waals surface area contributed by atoms with Gasteiger partial charge in [0.25, 0.3) is 5.69 Å². The molecular formula is C11H11N7O2. The number of nitrogens with one attached hydrogen (secondary N) is 1. The Morgan fingerprint density at radius 1 is 1.55 bits per heavy atom. The van der Waals surface area contributed by atoms with Gasteiger partial charge in [-0.2, -0.15) is 10.4 Å². The zero-order valence-corrected chi connectivity index (χ0v) is 10.6. The molecule has 0 saturated heterocycles. The van der Waals surface area contributed by atoms with Crippen LogP contribution in [0.4, 0.5) is 11.5 Å². The number of nitrogens with zero attached hydrogens (tertiary/aromatic N) is 6. The highest BCUT2D eigenvalue weighted by molar-refractivity contribution is 5.55. The predicted octanol–water partition coefficient (Wildman–Crippen LogP) is 0.645. The van der Waals surface area contributed by atoms with E-state index in [1.165, 1.54) is 6.07 Å². The van der Waals surface area contributed by atoms with Crippen molar-refractivity contribution in [3.63, 3.8) is 0 Å². The van der Waals surface area contributed by atoms with Crippen molar-refractivity contribution in [1.29, 1.82) is 5.26 Å². The minimum atomic E-state index is -0.588. The zero-order valence-electron chi connectivity index (χ0n) is 10.6. The molecule has 0 saturated carbocycles. The summed E-state index contributed by atoms with van der Waals surface area (Å²) in [6, 6.07) is 3.07. The Bertz CT molecular complexity index is 674. The third-order valence-electron chi connectivity index (χ3n) is 2.49. The van der Waals surface area contributed by atoms with Gasteiger partial charge in [-0.25, -0.2) is 9.97 Å². The van der Waals surface area contributed by atoms with E-state index in [1.807, 2.05) is 6.07 Å². The molecule has 20 heavy (non-hydrogen) atoms. The van der Waals surface area contributed by atoms with Gasteiger partial charge in [-0.15, -0.1) is 0 Å². The Hall–Kier alpha value is -3.02. The number of aryl methyl sites for hydroxylation is 1. The first-order chi connectivity index (χ1) is 9.60. The Morgan fingerprint density at radius 2 is 2.35 bits per heavy atom. The largest absolute Gasteiger partial charge is 0.369 e. The summed E-state index contributed by atoms with van der Waals surface area (Å²) in [6.07, 6.45) is 3.27. The molecule has 0 amide bonds. The van der Waals surface area contributed by atoms with E-state index in [-0.39, 0.29) is 11.3 Å². The number of hydrogen-bond acceptors (Lipinski definition) is 7. The smallest absolute Gasteiger partial charge is 0.289 e. The fraction of sp³-hybridized carbons (Fsp3) is 0.273. The lowest BCUT2D eigenvalue weighted by Gasteiger charge is -2.05. The number of anilines is 1. The summed E-state index contributed by atoms with van der Waals surface area (Å²) in [5, 5.41) is 26.6. The van der Waals surface area contributed by atoms with E-state index in [9.17, 15) is 10.1 Å². The van der Waals surface area contributed by atoms with Gasteiger partial charge in [0.1, 0.15) is 30.0 Å². The van der Waals surface area contributed by atoms with Crippen molar-refractivity contribution in [2.75, 3.05) is 11.9 Å². The molecule has 0 aliphatic carbocycles. The van der Waals surface area contributed by atoms with Crippen molar-refractivity contribution < 1.29 is 4.92 Å². The maximum atomic E-state index is 10.6. The maximum absolute atomic E-state index is 10.6. The minimum absolute atomic E-state index is 0.133. The van der Waals surface area contributed by atoms with Crippen LogP contribution in [-0.4, -0.2) is 31.2 Å². The van der Waals surface area contributed by atoms with E-state index in [0.29, 0.717) is 24.6 Å². The molecule has 2 aromatic rings. The van der Waals surface area contributed by atoms with Crippen LogP contribution in [0.15, 0.2) is 18.6 Å². The van der Waals surface area contributed by atoms with Gasteiger partial charge in [0.05, 0.1) is 4.92 Å². The second-order valence-corrected chi connectivity index (χ2v) is 3.97. The average Bonchev–Trinajstić information content (AvgIpc) is 2.84. The first-order valence-electron chi connectivity index (χ1n) is 5.73. The van der Waals surface area contributed by atoms with Crippen molar-refractivity contribution in [3.8, 4) is 6.07 Å². The molecule has 0 atom stereocenters. The first-order valence-corrected chi connectivity index (χ1v) is 5.73. The summed E-state index contributed by atoms with van der Waals surface area (Å²) < 4.78 is 1.60. The average molecular weight is 273 g/mol. The number of hydrogen-bond donors (Lipinski definition) is 1. The van der Waals surface area contributed by atoms with Gasteiger partial charge >= 0.3 is 0 Å². The van der Waals surface area contributed by atoms with E-state index in [2.05, 4.69) is 20.4 Å². The van der Waals surface area contributed by atoms with Crippen molar-refractivity contribution in [2.24, 2.45) is 7.05 Å². The normalized spacial score (nSPS) is 10.0. The zero-order chi connectivity index (χ0) is 14.5. The molecule has 0 aliphatic heterocycles. The van der Waals surface area contributed by atoms with Gasteiger partial charge in [0.2, 0.25) is 0 Å². The summed E-state index contributed by atoms with van der Waals surface area (Å²) in [4.78, 5) is 18.0. The van der Waals surface area contributed by atoms with Crippen LogP contribution in [-0.2, 0) is 13.5 Å². The highest BCUT2D eigenvalue weighted by Gasteiger charge is 2.11. The van der Waals surface area contributed by atoms with Crippen molar-refractivity contribution in [1.82, 2.24) is 19.7 Å². The predicted molar refractivity (Wildman–Crippen MR) is 68.8 cm³/mol. The number of rotatable bonds is 5. The molecule has 0 radical (unpaired) electrons. The Kier molecular flexibility index (Phi) is 3.85. The quantitative estimate of drug-likeness (QED) is 0.626.